The summed E-state index contributed by atoms with van der Waals surface area (Å²) in [5.74, 6) is 1.72. The molecule has 0 spiro atoms. The second-order valence-electron chi connectivity index (χ2n) is 3.79. The Morgan fingerprint density at radius 3 is 2.73 bits per heavy atom. The van der Waals surface area contributed by atoms with Crippen LogP contribution in [0, 0.1) is 0 Å². The summed E-state index contributed by atoms with van der Waals surface area (Å²) in [6.07, 6.45) is 1.16. The minimum atomic E-state index is -0.546. The zero-order chi connectivity index (χ0) is 10.9. The van der Waals surface area contributed by atoms with Gasteiger partial charge in [0, 0.05) is 49.0 Å². The molecule has 0 atom stereocenters. The van der Waals surface area contributed by atoms with Gasteiger partial charge in [0.05, 0.1) is 6.61 Å². The van der Waals surface area contributed by atoms with Gasteiger partial charge in [0.1, 0.15) is 0 Å². The molecule has 0 aromatic heterocycles. The van der Waals surface area contributed by atoms with E-state index in [-0.39, 0.29) is 0 Å². The fourth-order valence-electron chi connectivity index (χ4n) is 1.63. The lowest BCUT2D eigenvalue weighted by Gasteiger charge is -2.25. The smallest absolute Gasteiger partial charge is 0.0587 e. The molecule has 1 aliphatic heterocycles. The van der Waals surface area contributed by atoms with Crippen molar-refractivity contribution in [3.05, 3.63) is 0 Å². The number of nitrogens with zero attached hydrogens (tertiary/aromatic N) is 1. The van der Waals surface area contributed by atoms with Gasteiger partial charge >= 0.3 is 0 Å². The third kappa shape index (κ3) is 6.25. The Morgan fingerprint density at radius 1 is 1.33 bits per heavy atom. The van der Waals surface area contributed by atoms with Crippen molar-refractivity contribution < 1.29 is 8.95 Å². The maximum atomic E-state index is 11.1. The minimum absolute atomic E-state index is 0.546. The normalized spacial score (nSPS) is 19.5. The topological polar surface area (TPSA) is 41.6 Å². The maximum Gasteiger partial charge on any atom is 0.0587 e. The summed E-state index contributed by atoms with van der Waals surface area (Å²) in [7, 11) is 1.17. The van der Waals surface area contributed by atoms with Crippen molar-refractivity contribution in [3.8, 4) is 0 Å². The predicted octanol–water partition coefficient (Wildman–Crippen LogP) is -0.323. The number of methoxy groups -OCH3 is 1. The van der Waals surface area contributed by atoms with Crippen molar-refractivity contribution in [1.29, 1.82) is 0 Å². The van der Waals surface area contributed by atoms with E-state index >= 15 is 0 Å². The van der Waals surface area contributed by atoms with E-state index in [1.165, 1.54) is 0 Å². The van der Waals surface area contributed by atoms with Gasteiger partial charge < -0.3 is 15.0 Å². The second kappa shape index (κ2) is 8.21. The zero-order valence-electron chi connectivity index (χ0n) is 9.54. The predicted molar refractivity (Wildman–Crippen MR) is 63.7 cm³/mol. The van der Waals surface area contributed by atoms with E-state index < -0.39 is 10.8 Å². The molecule has 1 fully saturated rings. The molecule has 1 N–H and O–H groups in total. The highest BCUT2D eigenvalue weighted by Gasteiger charge is 2.13. The molecule has 0 aromatic rings. The number of hydrogen-bond donors (Lipinski definition) is 1. The van der Waals surface area contributed by atoms with Crippen LogP contribution in [0.15, 0.2) is 0 Å². The molecule has 0 aromatic carbocycles. The van der Waals surface area contributed by atoms with Gasteiger partial charge in [-0.25, -0.2) is 0 Å². The third-order valence-electron chi connectivity index (χ3n) is 2.58. The molecule has 0 amide bonds. The first kappa shape index (κ1) is 13.1. The Labute approximate surface area is 94.8 Å². The number of rotatable bonds is 7. The van der Waals surface area contributed by atoms with Gasteiger partial charge in [0.2, 0.25) is 0 Å². The summed E-state index contributed by atoms with van der Waals surface area (Å²) < 4.78 is 16.1. The van der Waals surface area contributed by atoms with E-state index in [0.717, 1.165) is 57.3 Å². The summed E-state index contributed by atoms with van der Waals surface area (Å²) in [4.78, 5) is 2.40. The number of hydrogen-bond acceptors (Lipinski definition) is 4. The molecule has 15 heavy (non-hydrogen) atoms. The first-order valence-corrected chi connectivity index (χ1v) is 7.08. The van der Waals surface area contributed by atoms with Gasteiger partial charge in [-0.15, -0.1) is 0 Å². The molecule has 0 saturated carbocycles. The van der Waals surface area contributed by atoms with Crippen LogP contribution in [0.5, 0.6) is 0 Å². The highest BCUT2D eigenvalue weighted by atomic mass is 32.2. The van der Waals surface area contributed by atoms with Gasteiger partial charge in [0.15, 0.2) is 0 Å². The molecule has 1 aliphatic rings. The maximum absolute atomic E-state index is 11.1. The molecular weight excluding hydrogens is 212 g/mol. The highest BCUT2D eigenvalue weighted by molar-refractivity contribution is 7.85. The van der Waals surface area contributed by atoms with Gasteiger partial charge in [-0.3, -0.25) is 4.21 Å². The highest BCUT2D eigenvalue weighted by Crippen LogP contribution is 2.00. The number of ether oxygens (including phenoxy) is 1. The quantitative estimate of drug-likeness (QED) is 0.613. The first-order chi connectivity index (χ1) is 7.33. The van der Waals surface area contributed by atoms with E-state index in [1.807, 2.05) is 0 Å². The average Bonchev–Trinajstić information content (AvgIpc) is 2.26. The fourth-order valence-corrected chi connectivity index (χ4v) is 2.75. The SMILES string of the molecule is COCCNCCCN1CCS(=O)CC1. The molecule has 1 rings (SSSR count). The third-order valence-corrected chi connectivity index (χ3v) is 3.86. The molecule has 90 valence electrons. The fraction of sp³-hybridized carbons (Fsp3) is 1.00. The Kier molecular flexibility index (Phi) is 7.17. The monoisotopic (exact) mass is 234 g/mol. The van der Waals surface area contributed by atoms with E-state index in [9.17, 15) is 4.21 Å². The van der Waals surface area contributed by atoms with Crippen molar-refractivity contribution >= 4 is 10.8 Å². The van der Waals surface area contributed by atoms with E-state index in [2.05, 4.69) is 10.2 Å². The summed E-state index contributed by atoms with van der Waals surface area (Å²) in [6, 6.07) is 0. The molecule has 0 unspecified atom stereocenters. The molecule has 1 heterocycles. The Morgan fingerprint density at radius 2 is 2.07 bits per heavy atom. The Balaban J connectivity index is 1.89. The number of nitrogens with one attached hydrogen (secondary N) is 1. The van der Waals surface area contributed by atoms with Crippen LogP contribution in [0.4, 0.5) is 0 Å². The lowest BCUT2D eigenvalue weighted by Crippen LogP contribution is -2.39. The van der Waals surface area contributed by atoms with Crippen LogP contribution in [0.2, 0.25) is 0 Å². The molecule has 5 heteroatoms. The zero-order valence-corrected chi connectivity index (χ0v) is 10.4. The van der Waals surface area contributed by atoms with Gasteiger partial charge in [0.25, 0.3) is 0 Å². The van der Waals surface area contributed by atoms with E-state index in [4.69, 9.17) is 4.74 Å². The summed E-state index contributed by atoms with van der Waals surface area (Å²) in [5.41, 5.74) is 0. The van der Waals surface area contributed by atoms with E-state index in [0.29, 0.717) is 0 Å². The Hall–Kier alpha value is 0.0300. The van der Waals surface area contributed by atoms with E-state index in [1.54, 1.807) is 7.11 Å². The largest absolute Gasteiger partial charge is 0.383 e. The molecule has 0 radical (unpaired) electrons. The lowest BCUT2D eigenvalue weighted by atomic mass is 10.3. The molecule has 4 nitrogen and oxygen atoms in total. The Bertz CT molecular complexity index is 180. The van der Waals surface area contributed by atoms with Crippen LogP contribution in [-0.2, 0) is 15.5 Å². The average molecular weight is 234 g/mol. The standard InChI is InChI=1S/C10H22N2O2S/c1-14-8-4-11-3-2-5-12-6-9-15(13)10-7-12/h11H,2-10H2,1H3. The molecule has 0 bridgehead atoms. The van der Waals surface area contributed by atoms with Crippen molar-refractivity contribution in [3.63, 3.8) is 0 Å². The molecule has 0 aliphatic carbocycles. The molecular formula is C10H22N2O2S. The summed E-state index contributed by atoms with van der Waals surface area (Å²) in [5, 5.41) is 3.32. The van der Waals surface area contributed by atoms with Crippen molar-refractivity contribution in [2.24, 2.45) is 0 Å². The second-order valence-corrected chi connectivity index (χ2v) is 5.48. The van der Waals surface area contributed by atoms with Crippen LogP contribution in [0.25, 0.3) is 0 Å². The first-order valence-electron chi connectivity index (χ1n) is 5.60. The van der Waals surface area contributed by atoms with Gasteiger partial charge in [-0.05, 0) is 19.5 Å². The lowest BCUT2D eigenvalue weighted by molar-refractivity contribution is 0.198. The van der Waals surface area contributed by atoms with Crippen molar-refractivity contribution in [2.75, 3.05) is 57.9 Å². The van der Waals surface area contributed by atoms with Crippen LogP contribution in [0.1, 0.15) is 6.42 Å². The van der Waals surface area contributed by atoms with Crippen LogP contribution < -0.4 is 5.32 Å². The summed E-state index contributed by atoms with van der Waals surface area (Å²) >= 11 is 0. The van der Waals surface area contributed by atoms with Crippen molar-refractivity contribution in [2.45, 2.75) is 6.42 Å². The van der Waals surface area contributed by atoms with Crippen molar-refractivity contribution in [1.82, 2.24) is 10.2 Å². The van der Waals surface area contributed by atoms with Crippen LogP contribution in [-0.4, -0.2) is 67.1 Å². The van der Waals surface area contributed by atoms with Gasteiger partial charge in [-0.1, -0.05) is 0 Å². The summed E-state index contributed by atoms with van der Waals surface area (Å²) in [6.45, 7) is 5.89. The van der Waals surface area contributed by atoms with Gasteiger partial charge in [-0.2, -0.15) is 0 Å². The van der Waals surface area contributed by atoms with Crippen LogP contribution in [0.3, 0.4) is 0 Å². The minimum Gasteiger partial charge on any atom is -0.383 e. The molecule has 1 saturated heterocycles. The van der Waals surface area contributed by atoms with Crippen LogP contribution >= 0.6 is 0 Å².